The molecule has 0 aliphatic heterocycles. The molecular weight excluding hydrogens is 270 g/mol. The van der Waals surface area contributed by atoms with Gasteiger partial charge in [0.05, 0.1) is 12.4 Å². The number of ether oxygens (including phenoxy) is 2. The van der Waals surface area contributed by atoms with Crippen LogP contribution in [0.4, 0.5) is 5.69 Å². The number of rotatable bonds is 7. The number of anilines is 1. The third-order valence-electron chi connectivity index (χ3n) is 2.25. The number of esters is 1. The van der Waals surface area contributed by atoms with E-state index in [4.69, 9.17) is 15.2 Å². The molecule has 0 spiro atoms. The Labute approximate surface area is 112 Å². The first-order valence-corrected chi connectivity index (χ1v) is 7.44. The van der Waals surface area contributed by atoms with Gasteiger partial charge in [0.25, 0.3) is 0 Å². The number of nitrogens with two attached hydrogens (primary N) is 1. The molecule has 1 aromatic carbocycles. The van der Waals surface area contributed by atoms with Crippen LogP contribution in [0.1, 0.15) is 5.56 Å². The topological polar surface area (TPSA) is 95.7 Å². The Hall–Kier alpha value is -1.60. The quantitative estimate of drug-likeness (QED) is 0.442. The van der Waals surface area contributed by atoms with Crippen molar-refractivity contribution in [2.75, 3.05) is 31.8 Å². The van der Waals surface area contributed by atoms with E-state index in [0.717, 1.165) is 0 Å². The van der Waals surface area contributed by atoms with Crippen LogP contribution in [0.5, 0.6) is 0 Å². The normalized spacial score (nSPS) is 11.2. The molecule has 6 nitrogen and oxygen atoms in total. The molecule has 0 atom stereocenters. The smallest absolute Gasteiger partial charge is 0.321 e. The molecule has 1 aromatic rings. The summed E-state index contributed by atoms with van der Waals surface area (Å²) in [7, 11) is -2.08. The number of sulfone groups is 1. The van der Waals surface area contributed by atoms with Crippen molar-refractivity contribution in [3.8, 4) is 0 Å². The molecule has 106 valence electrons. The molecule has 0 saturated carbocycles. The van der Waals surface area contributed by atoms with Gasteiger partial charge in [-0.05, 0) is 17.7 Å². The van der Waals surface area contributed by atoms with Crippen molar-refractivity contribution in [3.05, 3.63) is 29.8 Å². The third-order valence-corrected chi connectivity index (χ3v) is 3.70. The minimum Gasteiger partial charge on any atom is -0.462 e. The van der Waals surface area contributed by atoms with E-state index in [2.05, 4.69) is 0 Å². The first kappa shape index (κ1) is 15.5. The van der Waals surface area contributed by atoms with Gasteiger partial charge >= 0.3 is 5.97 Å². The summed E-state index contributed by atoms with van der Waals surface area (Å²) in [5.41, 5.74) is 6.64. The highest BCUT2D eigenvalue weighted by Gasteiger charge is 2.18. The van der Waals surface area contributed by atoms with E-state index in [9.17, 15) is 13.2 Å². The third kappa shape index (κ3) is 6.21. The molecule has 0 saturated heterocycles. The Kier molecular flexibility index (Phi) is 5.78. The number of methoxy groups -OCH3 is 1. The maximum absolute atomic E-state index is 11.8. The van der Waals surface area contributed by atoms with Gasteiger partial charge in [-0.25, -0.2) is 8.42 Å². The molecule has 1 rings (SSSR count). The average molecular weight is 287 g/mol. The largest absolute Gasteiger partial charge is 0.462 e. The predicted molar refractivity (Wildman–Crippen MR) is 71.2 cm³/mol. The molecule has 19 heavy (non-hydrogen) atoms. The predicted octanol–water partition coefficient (Wildman–Crippen LogP) is 0.373. The van der Waals surface area contributed by atoms with Crippen molar-refractivity contribution in [2.45, 2.75) is 5.75 Å². The molecule has 0 fully saturated rings. The monoisotopic (exact) mass is 287 g/mol. The lowest BCUT2D eigenvalue weighted by Gasteiger charge is -2.06. The van der Waals surface area contributed by atoms with Crippen LogP contribution in [-0.4, -0.2) is 40.5 Å². The van der Waals surface area contributed by atoms with Gasteiger partial charge in [0.2, 0.25) is 0 Å². The van der Waals surface area contributed by atoms with E-state index in [-0.39, 0.29) is 19.0 Å². The van der Waals surface area contributed by atoms with Crippen LogP contribution in [0.15, 0.2) is 24.3 Å². The molecule has 0 radical (unpaired) electrons. The number of nitrogen functional groups attached to an aromatic ring is 1. The second-order valence-electron chi connectivity index (χ2n) is 3.99. The van der Waals surface area contributed by atoms with E-state index in [1.807, 2.05) is 0 Å². The summed E-state index contributed by atoms with van der Waals surface area (Å²) in [6.45, 7) is 0.288. The molecule has 2 N–H and O–H groups in total. The summed E-state index contributed by atoms with van der Waals surface area (Å²) in [4.78, 5) is 11.3. The fraction of sp³-hybridized carbons (Fsp3) is 0.417. The molecule has 0 aromatic heterocycles. The highest BCUT2D eigenvalue weighted by molar-refractivity contribution is 7.91. The Balaban J connectivity index is 2.52. The summed E-state index contributed by atoms with van der Waals surface area (Å²) in [6.07, 6.45) is 0. The SMILES string of the molecule is COCCOC(=O)CS(=O)(=O)Cc1ccc(N)cc1. The standard InChI is InChI=1S/C12H17NO5S/c1-17-6-7-18-12(14)9-19(15,16)8-10-2-4-11(13)5-3-10/h2-5H,6-9,13H2,1H3. The number of hydrogen-bond acceptors (Lipinski definition) is 6. The second-order valence-corrected chi connectivity index (χ2v) is 6.05. The Morgan fingerprint density at radius 2 is 1.84 bits per heavy atom. The molecule has 0 aliphatic rings. The molecular formula is C12H17NO5S. The van der Waals surface area contributed by atoms with E-state index in [0.29, 0.717) is 11.3 Å². The lowest BCUT2D eigenvalue weighted by atomic mass is 10.2. The Morgan fingerprint density at radius 3 is 2.42 bits per heavy atom. The van der Waals surface area contributed by atoms with Crippen molar-refractivity contribution in [3.63, 3.8) is 0 Å². The van der Waals surface area contributed by atoms with Crippen molar-refractivity contribution < 1.29 is 22.7 Å². The fourth-order valence-corrected chi connectivity index (χ4v) is 2.62. The van der Waals surface area contributed by atoms with E-state index in [1.165, 1.54) is 7.11 Å². The van der Waals surface area contributed by atoms with Gasteiger partial charge < -0.3 is 15.2 Å². The van der Waals surface area contributed by atoms with E-state index in [1.54, 1.807) is 24.3 Å². The minimum absolute atomic E-state index is 0.0483. The lowest BCUT2D eigenvalue weighted by molar-refractivity contribution is -0.141. The van der Waals surface area contributed by atoms with Crippen LogP contribution in [-0.2, 0) is 29.9 Å². The van der Waals surface area contributed by atoms with Crippen LogP contribution >= 0.6 is 0 Å². The zero-order valence-electron chi connectivity index (χ0n) is 10.7. The zero-order valence-corrected chi connectivity index (χ0v) is 11.5. The number of carbonyl (C=O) groups excluding carboxylic acids is 1. The summed E-state index contributed by atoms with van der Waals surface area (Å²) >= 11 is 0. The van der Waals surface area contributed by atoms with Crippen molar-refractivity contribution >= 4 is 21.5 Å². The van der Waals surface area contributed by atoms with Crippen molar-refractivity contribution in [1.29, 1.82) is 0 Å². The van der Waals surface area contributed by atoms with Gasteiger partial charge in [-0.2, -0.15) is 0 Å². The van der Waals surface area contributed by atoms with Crippen LogP contribution in [0.3, 0.4) is 0 Å². The Bertz CT molecular complexity index is 509. The van der Waals surface area contributed by atoms with Gasteiger partial charge in [-0.15, -0.1) is 0 Å². The van der Waals surface area contributed by atoms with Crippen LogP contribution in [0.2, 0.25) is 0 Å². The highest BCUT2D eigenvalue weighted by atomic mass is 32.2. The van der Waals surface area contributed by atoms with Gasteiger partial charge in [0.1, 0.15) is 12.4 Å². The maximum Gasteiger partial charge on any atom is 0.321 e. The van der Waals surface area contributed by atoms with Crippen molar-refractivity contribution in [1.82, 2.24) is 0 Å². The first-order valence-electron chi connectivity index (χ1n) is 5.62. The summed E-state index contributed by atoms with van der Waals surface area (Å²) in [6, 6.07) is 6.45. The average Bonchev–Trinajstić information content (AvgIpc) is 2.31. The molecule has 0 aliphatic carbocycles. The van der Waals surface area contributed by atoms with Crippen LogP contribution in [0, 0.1) is 0 Å². The van der Waals surface area contributed by atoms with Crippen LogP contribution < -0.4 is 5.73 Å². The first-order chi connectivity index (χ1) is 8.93. The van der Waals surface area contributed by atoms with Crippen molar-refractivity contribution in [2.24, 2.45) is 0 Å². The van der Waals surface area contributed by atoms with Crippen LogP contribution in [0.25, 0.3) is 0 Å². The summed E-state index contributed by atoms with van der Waals surface area (Å²) < 4.78 is 32.9. The zero-order chi connectivity index (χ0) is 14.3. The lowest BCUT2D eigenvalue weighted by Crippen LogP contribution is -2.21. The molecule has 0 bridgehead atoms. The fourth-order valence-electron chi connectivity index (χ4n) is 1.38. The summed E-state index contributed by atoms with van der Waals surface area (Å²) in [5, 5.41) is 0. The number of hydrogen-bond donors (Lipinski definition) is 1. The van der Waals surface area contributed by atoms with Gasteiger partial charge in [0, 0.05) is 12.8 Å². The molecule has 0 unspecified atom stereocenters. The molecule has 0 amide bonds. The van der Waals surface area contributed by atoms with Gasteiger partial charge in [-0.3, -0.25) is 4.79 Å². The second kappa shape index (κ2) is 7.10. The number of benzene rings is 1. The highest BCUT2D eigenvalue weighted by Crippen LogP contribution is 2.10. The number of carbonyl (C=O) groups is 1. The Morgan fingerprint density at radius 1 is 1.21 bits per heavy atom. The van der Waals surface area contributed by atoms with Gasteiger partial charge in [0.15, 0.2) is 9.84 Å². The van der Waals surface area contributed by atoms with E-state index >= 15 is 0 Å². The maximum atomic E-state index is 11.8. The van der Waals surface area contributed by atoms with Gasteiger partial charge in [-0.1, -0.05) is 12.1 Å². The molecule has 7 heteroatoms. The summed E-state index contributed by atoms with van der Waals surface area (Å²) in [5.74, 6) is -1.62. The van der Waals surface area contributed by atoms with E-state index < -0.39 is 21.6 Å². The molecule has 0 heterocycles. The minimum atomic E-state index is -3.54.